The summed E-state index contributed by atoms with van der Waals surface area (Å²) in [4.78, 5) is 16.1. The molecule has 0 N–H and O–H groups in total. The Balaban J connectivity index is 1.81. The molecule has 1 amide bonds. The molecule has 0 spiro atoms. The van der Waals surface area contributed by atoms with E-state index < -0.39 is 26.7 Å². The summed E-state index contributed by atoms with van der Waals surface area (Å²) in [5.41, 5.74) is -0.711. The zero-order chi connectivity index (χ0) is 18.4. The third-order valence-corrected chi connectivity index (χ3v) is 7.91. The van der Waals surface area contributed by atoms with Crippen molar-refractivity contribution in [1.82, 2.24) is 9.80 Å². The Morgan fingerprint density at radius 3 is 2.60 bits per heavy atom. The number of likely N-dealkylation sites (N-methyl/N-ethyl adjacent to an activating group) is 2. The maximum absolute atomic E-state index is 12.9. The summed E-state index contributed by atoms with van der Waals surface area (Å²) >= 11 is 6.06. The van der Waals surface area contributed by atoms with E-state index in [1.54, 1.807) is 37.2 Å². The molecule has 0 unspecified atom stereocenters. The lowest BCUT2D eigenvalue weighted by Gasteiger charge is -2.28. The molecule has 1 aromatic carbocycles. The van der Waals surface area contributed by atoms with E-state index in [1.165, 1.54) is 11.0 Å². The molecular weight excluding hydrogens is 362 g/mol. The van der Waals surface area contributed by atoms with Crippen molar-refractivity contribution >= 4 is 27.3 Å². The first-order valence-electron chi connectivity index (χ1n) is 8.10. The maximum atomic E-state index is 12.9. The summed E-state index contributed by atoms with van der Waals surface area (Å²) in [5, 5.41) is 8.77. The number of halogens is 1. The van der Waals surface area contributed by atoms with Crippen LogP contribution >= 0.6 is 11.6 Å². The Labute approximate surface area is 152 Å². The average molecular weight is 382 g/mol. The first kappa shape index (κ1) is 18.2. The second-order valence-corrected chi connectivity index (χ2v) is 9.43. The van der Waals surface area contributed by atoms with Crippen molar-refractivity contribution in [2.75, 3.05) is 20.6 Å². The summed E-state index contributed by atoms with van der Waals surface area (Å²) in [6.45, 7) is 0.261. The second kappa shape index (κ2) is 6.27. The molecule has 1 saturated carbocycles. The Kier molecular flexibility index (Phi) is 4.56. The molecule has 1 aliphatic carbocycles. The van der Waals surface area contributed by atoms with E-state index in [1.807, 2.05) is 0 Å². The molecule has 2 fully saturated rings. The standard InChI is InChI=1S/C17H20ClN3O3S/c1-20-10-12(25(23,24)15-6-4-3-5-13(15)18)9-14(20)16(22)21(2)17(11-19)7-8-17/h3-6,12,14H,7-10H2,1-2H3/t12-,14+/m1/s1. The van der Waals surface area contributed by atoms with Crippen molar-refractivity contribution in [2.24, 2.45) is 0 Å². The number of hydrogen-bond donors (Lipinski definition) is 0. The molecule has 8 heteroatoms. The summed E-state index contributed by atoms with van der Waals surface area (Å²) < 4.78 is 25.8. The minimum atomic E-state index is -3.63. The van der Waals surface area contributed by atoms with Crippen LogP contribution in [-0.2, 0) is 14.6 Å². The number of likely N-dealkylation sites (tertiary alicyclic amines) is 1. The minimum absolute atomic E-state index is 0.104. The molecular formula is C17H20ClN3O3S. The zero-order valence-corrected chi connectivity index (χ0v) is 15.7. The second-order valence-electron chi connectivity index (χ2n) is 6.83. The zero-order valence-electron chi connectivity index (χ0n) is 14.1. The summed E-state index contributed by atoms with van der Waals surface area (Å²) in [5.74, 6) is -0.196. The van der Waals surface area contributed by atoms with Gasteiger partial charge in [0.2, 0.25) is 5.91 Å². The predicted octanol–water partition coefficient (Wildman–Crippen LogP) is 1.70. The Morgan fingerprint density at radius 1 is 1.40 bits per heavy atom. The smallest absolute Gasteiger partial charge is 0.240 e. The SMILES string of the molecule is CN1C[C@H](S(=O)(=O)c2ccccc2Cl)C[C@H]1C(=O)N(C)C1(C#N)CC1. The molecule has 0 bridgehead atoms. The largest absolute Gasteiger partial charge is 0.326 e. The van der Waals surface area contributed by atoms with Gasteiger partial charge in [0, 0.05) is 13.6 Å². The molecule has 25 heavy (non-hydrogen) atoms. The number of sulfone groups is 1. The fraction of sp³-hybridized carbons (Fsp3) is 0.529. The third kappa shape index (κ3) is 3.03. The van der Waals surface area contributed by atoms with Crippen molar-refractivity contribution in [3.05, 3.63) is 29.3 Å². The Bertz CT molecular complexity index is 845. The van der Waals surface area contributed by atoms with Crippen molar-refractivity contribution in [1.29, 1.82) is 5.26 Å². The molecule has 1 aromatic rings. The van der Waals surface area contributed by atoms with E-state index in [9.17, 15) is 18.5 Å². The van der Waals surface area contributed by atoms with Gasteiger partial charge in [-0.15, -0.1) is 0 Å². The van der Waals surface area contributed by atoms with Gasteiger partial charge in [-0.2, -0.15) is 5.26 Å². The van der Waals surface area contributed by atoms with E-state index in [2.05, 4.69) is 6.07 Å². The number of amides is 1. The number of nitriles is 1. The van der Waals surface area contributed by atoms with Crippen LogP contribution in [-0.4, -0.2) is 61.6 Å². The highest BCUT2D eigenvalue weighted by atomic mass is 35.5. The highest BCUT2D eigenvalue weighted by Crippen LogP contribution is 2.41. The molecule has 2 aliphatic rings. The molecule has 6 nitrogen and oxygen atoms in total. The fourth-order valence-electron chi connectivity index (χ4n) is 3.40. The topological polar surface area (TPSA) is 81.5 Å². The van der Waals surface area contributed by atoms with Crippen LogP contribution in [0.15, 0.2) is 29.2 Å². The van der Waals surface area contributed by atoms with Gasteiger partial charge in [0.1, 0.15) is 5.54 Å². The average Bonchev–Trinajstić information content (AvgIpc) is 3.29. The monoisotopic (exact) mass is 381 g/mol. The van der Waals surface area contributed by atoms with Crippen LogP contribution in [0.4, 0.5) is 0 Å². The van der Waals surface area contributed by atoms with Crippen molar-refractivity contribution in [3.63, 3.8) is 0 Å². The highest BCUT2D eigenvalue weighted by Gasteiger charge is 2.52. The normalized spacial score (nSPS) is 25.4. The maximum Gasteiger partial charge on any atom is 0.240 e. The molecule has 0 aromatic heterocycles. The number of rotatable bonds is 4. The molecule has 3 rings (SSSR count). The van der Waals surface area contributed by atoms with Crippen LogP contribution in [0.3, 0.4) is 0 Å². The summed E-state index contributed by atoms with van der Waals surface area (Å²) in [6, 6.07) is 8.01. The van der Waals surface area contributed by atoms with Gasteiger partial charge in [0.15, 0.2) is 9.84 Å². The van der Waals surface area contributed by atoms with Gasteiger partial charge in [0.25, 0.3) is 0 Å². The number of carbonyl (C=O) groups excluding carboxylic acids is 1. The van der Waals surface area contributed by atoms with E-state index in [4.69, 9.17) is 11.6 Å². The minimum Gasteiger partial charge on any atom is -0.326 e. The predicted molar refractivity (Wildman–Crippen MR) is 93.8 cm³/mol. The Morgan fingerprint density at radius 2 is 2.04 bits per heavy atom. The lowest BCUT2D eigenvalue weighted by Crippen LogP contribution is -2.47. The molecule has 0 radical (unpaired) electrons. The van der Waals surface area contributed by atoms with Crippen LogP contribution in [0.1, 0.15) is 19.3 Å². The number of carbonyl (C=O) groups is 1. The third-order valence-electron chi connectivity index (χ3n) is 5.28. The van der Waals surface area contributed by atoms with Gasteiger partial charge < -0.3 is 4.90 Å². The first-order valence-corrected chi connectivity index (χ1v) is 10.0. The van der Waals surface area contributed by atoms with Crippen molar-refractivity contribution in [3.8, 4) is 6.07 Å². The molecule has 1 saturated heterocycles. The number of benzene rings is 1. The van der Waals surface area contributed by atoms with Crippen LogP contribution in [0.25, 0.3) is 0 Å². The van der Waals surface area contributed by atoms with Crippen molar-refractivity contribution < 1.29 is 13.2 Å². The summed E-state index contributed by atoms with van der Waals surface area (Å²) in [7, 11) is -0.261. The van der Waals surface area contributed by atoms with Crippen LogP contribution in [0.2, 0.25) is 5.02 Å². The summed E-state index contributed by atoms with van der Waals surface area (Å²) in [6.07, 6.45) is 1.54. The Hall–Kier alpha value is -1.62. The van der Waals surface area contributed by atoms with Gasteiger partial charge in [0.05, 0.1) is 27.3 Å². The number of nitrogens with zero attached hydrogens (tertiary/aromatic N) is 3. The fourth-order valence-corrected chi connectivity index (χ4v) is 5.69. The van der Waals surface area contributed by atoms with E-state index >= 15 is 0 Å². The van der Waals surface area contributed by atoms with E-state index in [-0.39, 0.29) is 28.8 Å². The molecule has 1 aliphatic heterocycles. The van der Waals surface area contributed by atoms with Crippen LogP contribution < -0.4 is 0 Å². The van der Waals surface area contributed by atoms with Gasteiger partial charge in [-0.05, 0) is 38.4 Å². The first-order chi connectivity index (χ1) is 11.7. The lowest BCUT2D eigenvalue weighted by molar-refractivity contribution is -0.136. The quantitative estimate of drug-likeness (QED) is 0.792. The van der Waals surface area contributed by atoms with Gasteiger partial charge >= 0.3 is 0 Å². The highest BCUT2D eigenvalue weighted by molar-refractivity contribution is 7.92. The molecule has 1 heterocycles. The lowest BCUT2D eigenvalue weighted by atomic mass is 10.1. The van der Waals surface area contributed by atoms with Crippen molar-refractivity contribution in [2.45, 2.75) is 41.0 Å². The van der Waals surface area contributed by atoms with E-state index in [0.717, 1.165) is 0 Å². The van der Waals surface area contributed by atoms with E-state index in [0.29, 0.717) is 12.8 Å². The molecule has 2 atom stereocenters. The van der Waals surface area contributed by atoms with Gasteiger partial charge in [-0.25, -0.2) is 8.42 Å². The van der Waals surface area contributed by atoms with Gasteiger partial charge in [-0.1, -0.05) is 23.7 Å². The number of hydrogen-bond acceptors (Lipinski definition) is 5. The molecule has 134 valence electrons. The van der Waals surface area contributed by atoms with Crippen LogP contribution in [0, 0.1) is 11.3 Å². The van der Waals surface area contributed by atoms with Crippen LogP contribution in [0.5, 0.6) is 0 Å². The van der Waals surface area contributed by atoms with Gasteiger partial charge in [-0.3, -0.25) is 9.69 Å².